The highest BCUT2D eigenvalue weighted by atomic mass is 16.5. The number of rotatable bonds is 4. The third-order valence-corrected chi connectivity index (χ3v) is 3.26. The van der Waals surface area contributed by atoms with Gasteiger partial charge < -0.3 is 9.72 Å². The first-order valence-corrected chi connectivity index (χ1v) is 6.57. The molecular formula is C17H14N2O2. The number of carbonyl (C=O) groups excluding carboxylic acids is 1. The molecule has 0 atom stereocenters. The lowest BCUT2D eigenvalue weighted by Gasteiger charge is -2.00. The first-order chi connectivity index (χ1) is 10.3. The van der Waals surface area contributed by atoms with E-state index >= 15 is 0 Å². The molecule has 4 heteroatoms. The molecule has 1 N–H and O–H groups in total. The van der Waals surface area contributed by atoms with Crippen LogP contribution in [0, 0.1) is 0 Å². The van der Waals surface area contributed by atoms with Crippen LogP contribution in [0.5, 0.6) is 5.75 Å². The number of nitrogens with zero attached hydrogens (tertiary/aromatic N) is 1. The second-order valence-electron chi connectivity index (χ2n) is 4.56. The topological polar surface area (TPSA) is 55.0 Å². The molecule has 0 fully saturated rings. The Labute approximate surface area is 122 Å². The molecule has 0 amide bonds. The van der Waals surface area contributed by atoms with Gasteiger partial charge in [0.1, 0.15) is 17.3 Å². The van der Waals surface area contributed by atoms with Crippen LogP contribution in [-0.2, 0) is 0 Å². The minimum Gasteiger partial charge on any atom is -0.497 e. The molecule has 0 radical (unpaired) electrons. The predicted octanol–water partition coefficient (Wildman–Crippen LogP) is 3.56. The van der Waals surface area contributed by atoms with Gasteiger partial charge in [0.05, 0.1) is 12.8 Å². The minimum absolute atomic E-state index is 0.479. The third-order valence-electron chi connectivity index (χ3n) is 3.26. The Bertz CT molecular complexity index is 746. The van der Waals surface area contributed by atoms with Gasteiger partial charge in [0.2, 0.25) is 0 Å². The number of aromatic amines is 1. The van der Waals surface area contributed by atoms with Crippen molar-refractivity contribution in [3.05, 3.63) is 60.3 Å². The number of benzene rings is 2. The summed E-state index contributed by atoms with van der Waals surface area (Å²) in [6, 6.07) is 17.2. The van der Waals surface area contributed by atoms with Gasteiger partial charge in [-0.3, -0.25) is 4.79 Å². The standard InChI is InChI=1S/C17H14N2O2/c1-21-14-9-7-13(8-10-14)17-18-15(11-20)16(19-17)12-5-3-2-4-6-12/h2-11H,1H3,(H,18,19). The number of imidazole rings is 1. The molecule has 104 valence electrons. The second-order valence-corrected chi connectivity index (χ2v) is 4.56. The van der Waals surface area contributed by atoms with Gasteiger partial charge in [-0.1, -0.05) is 30.3 Å². The second kappa shape index (κ2) is 5.63. The fraction of sp³-hybridized carbons (Fsp3) is 0.0588. The lowest BCUT2D eigenvalue weighted by molar-refractivity contribution is 0.112. The summed E-state index contributed by atoms with van der Waals surface area (Å²) in [6.07, 6.45) is 0.794. The number of nitrogens with one attached hydrogen (secondary N) is 1. The molecule has 0 spiro atoms. The van der Waals surface area contributed by atoms with Gasteiger partial charge in [0, 0.05) is 11.1 Å². The smallest absolute Gasteiger partial charge is 0.168 e. The quantitative estimate of drug-likeness (QED) is 0.742. The normalized spacial score (nSPS) is 10.3. The maximum absolute atomic E-state index is 11.3. The molecule has 0 unspecified atom stereocenters. The Hall–Kier alpha value is -2.88. The van der Waals surface area contributed by atoms with Crippen molar-refractivity contribution in [1.29, 1.82) is 0 Å². The van der Waals surface area contributed by atoms with Crippen LogP contribution in [-0.4, -0.2) is 23.4 Å². The Kier molecular flexibility index (Phi) is 3.51. The van der Waals surface area contributed by atoms with Gasteiger partial charge in [0.25, 0.3) is 0 Å². The van der Waals surface area contributed by atoms with E-state index in [1.54, 1.807) is 7.11 Å². The molecule has 0 bridgehead atoms. The predicted molar refractivity (Wildman–Crippen MR) is 81.4 cm³/mol. The van der Waals surface area contributed by atoms with Crippen LogP contribution in [0.1, 0.15) is 10.5 Å². The molecule has 4 nitrogen and oxygen atoms in total. The van der Waals surface area contributed by atoms with E-state index in [2.05, 4.69) is 9.97 Å². The number of methoxy groups -OCH3 is 1. The zero-order valence-electron chi connectivity index (χ0n) is 11.5. The summed E-state index contributed by atoms with van der Waals surface area (Å²) in [7, 11) is 1.62. The highest BCUT2D eigenvalue weighted by Crippen LogP contribution is 2.26. The van der Waals surface area contributed by atoms with E-state index in [1.165, 1.54) is 0 Å². The monoisotopic (exact) mass is 278 g/mol. The van der Waals surface area contributed by atoms with Gasteiger partial charge in [-0.2, -0.15) is 0 Å². The molecule has 0 aliphatic rings. The number of hydrogen-bond acceptors (Lipinski definition) is 3. The van der Waals surface area contributed by atoms with Crippen LogP contribution in [0.4, 0.5) is 0 Å². The average Bonchev–Trinajstić information content (AvgIpc) is 3.00. The van der Waals surface area contributed by atoms with Crippen molar-refractivity contribution in [2.75, 3.05) is 7.11 Å². The zero-order chi connectivity index (χ0) is 14.7. The lowest BCUT2D eigenvalue weighted by Crippen LogP contribution is -1.84. The molecule has 1 aromatic heterocycles. The van der Waals surface area contributed by atoms with E-state index < -0.39 is 0 Å². The fourth-order valence-corrected chi connectivity index (χ4v) is 2.17. The van der Waals surface area contributed by atoms with Crippen LogP contribution in [0.2, 0.25) is 0 Å². The summed E-state index contributed by atoms with van der Waals surface area (Å²) < 4.78 is 5.14. The largest absolute Gasteiger partial charge is 0.497 e. The van der Waals surface area contributed by atoms with Crippen LogP contribution in [0.15, 0.2) is 54.6 Å². The highest BCUT2D eigenvalue weighted by molar-refractivity contribution is 5.85. The van der Waals surface area contributed by atoms with E-state index in [4.69, 9.17) is 4.74 Å². The average molecular weight is 278 g/mol. The molecule has 0 saturated carbocycles. The van der Waals surface area contributed by atoms with Crippen LogP contribution in [0.25, 0.3) is 22.6 Å². The van der Waals surface area contributed by atoms with Crippen molar-refractivity contribution in [2.24, 2.45) is 0 Å². The number of carbonyl (C=O) groups is 1. The third kappa shape index (κ3) is 2.56. The molecule has 21 heavy (non-hydrogen) atoms. The molecule has 0 aliphatic carbocycles. The summed E-state index contributed by atoms with van der Waals surface area (Å²) in [6.45, 7) is 0. The van der Waals surface area contributed by atoms with Crippen LogP contribution < -0.4 is 4.74 Å². The Morgan fingerprint density at radius 2 is 1.71 bits per heavy atom. The minimum atomic E-state index is 0.479. The summed E-state index contributed by atoms with van der Waals surface area (Å²) in [5.74, 6) is 1.45. The summed E-state index contributed by atoms with van der Waals surface area (Å²) in [4.78, 5) is 18.9. The summed E-state index contributed by atoms with van der Waals surface area (Å²) >= 11 is 0. The van der Waals surface area contributed by atoms with Crippen molar-refractivity contribution >= 4 is 6.29 Å². The van der Waals surface area contributed by atoms with E-state index in [0.717, 1.165) is 23.2 Å². The maximum Gasteiger partial charge on any atom is 0.168 e. The summed E-state index contributed by atoms with van der Waals surface area (Å²) in [5.41, 5.74) is 2.96. The van der Waals surface area contributed by atoms with Crippen LogP contribution in [0.3, 0.4) is 0 Å². The first-order valence-electron chi connectivity index (χ1n) is 6.57. The van der Waals surface area contributed by atoms with Gasteiger partial charge in [-0.05, 0) is 24.3 Å². The molecule has 3 aromatic rings. The van der Waals surface area contributed by atoms with Crippen molar-refractivity contribution < 1.29 is 9.53 Å². The maximum atomic E-state index is 11.3. The van der Waals surface area contributed by atoms with Crippen molar-refractivity contribution in [3.8, 4) is 28.4 Å². The van der Waals surface area contributed by atoms with Gasteiger partial charge in [-0.25, -0.2) is 4.98 Å². The molecule has 0 saturated heterocycles. The van der Waals surface area contributed by atoms with E-state index in [0.29, 0.717) is 17.2 Å². The first kappa shape index (κ1) is 13.1. The van der Waals surface area contributed by atoms with Gasteiger partial charge >= 0.3 is 0 Å². The molecule has 2 aromatic carbocycles. The number of ether oxygens (including phenoxy) is 1. The molecule has 0 aliphatic heterocycles. The fourth-order valence-electron chi connectivity index (χ4n) is 2.17. The molecule has 1 heterocycles. The van der Waals surface area contributed by atoms with Crippen LogP contribution >= 0.6 is 0 Å². The van der Waals surface area contributed by atoms with E-state index in [-0.39, 0.29) is 0 Å². The van der Waals surface area contributed by atoms with E-state index in [1.807, 2.05) is 54.6 Å². The SMILES string of the molecule is COc1ccc(-c2nc(-c3ccccc3)c(C=O)[nH]2)cc1. The van der Waals surface area contributed by atoms with Gasteiger partial charge in [0.15, 0.2) is 6.29 Å². The Morgan fingerprint density at radius 1 is 1.00 bits per heavy atom. The Morgan fingerprint density at radius 3 is 2.33 bits per heavy atom. The molecule has 3 rings (SSSR count). The van der Waals surface area contributed by atoms with E-state index in [9.17, 15) is 4.79 Å². The highest BCUT2D eigenvalue weighted by Gasteiger charge is 2.12. The molecular weight excluding hydrogens is 264 g/mol. The van der Waals surface area contributed by atoms with Crippen molar-refractivity contribution in [1.82, 2.24) is 9.97 Å². The van der Waals surface area contributed by atoms with Crippen molar-refractivity contribution in [3.63, 3.8) is 0 Å². The number of H-pyrrole nitrogens is 1. The zero-order valence-corrected chi connectivity index (χ0v) is 11.5. The van der Waals surface area contributed by atoms with Crippen molar-refractivity contribution in [2.45, 2.75) is 0 Å². The summed E-state index contributed by atoms with van der Waals surface area (Å²) in [5, 5.41) is 0. The Balaban J connectivity index is 2.04. The number of aromatic nitrogens is 2. The van der Waals surface area contributed by atoms with Gasteiger partial charge in [-0.15, -0.1) is 0 Å². The number of hydrogen-bond donors (Lipinski definition) is 1. The number of aldehydes is 1. The lowest BCUT2D eigenvalue weighted by atomic mass is 10.1.